The third-order valence-electron chi connectivity index (χ3n) is 7.10. The second-order valence-electron chi connectivity index (χ2n) is 11.0. The van der Waals surface area contributed by atoms with Crippen LogP contribution in [-0.2, 0) is 20.8 Å². The first-order valence-electron chi connectivity index (χ1n) is 13.0. The van der Waals surface area contributed by atoms with Gasteiger partial charge in [-0.05, 0) is 43.0 Å². The minimum absolute atomic E-state index is 0.0510. The van der Waals surface area contributed by atoms with Crippen molar-refractivity contribution in [2.45, 2.75) is 65.3 Å². The Morgan fingerprint density at radius 1 is 0.974 bits per heavy atom. The molecule has 1 unspecified atom stereocenters. The van der Waals surface area contributed by atoms with E-state index in [2.05, 4.69) is 16.0 Å². The monoisotopic (exact) mass is 575 g/mol. The summed E-state index contributed by atoms with van der Waals surface area (Å²) < 4.78 is 0. The third kappa shape index (κ3) is 7.73. The molecule has 1 saturated carbocycles. The SMILES string of the molecule is CC(C)(C)C(=O)NCCC1(C(=O)NC(Cc2ccccc2NC(=O)c2c(Cl)cccc2Cl)C(=O)O)CCCC1. The van der Waals surface area contributed by atoms with Gasteiger partial charge >= 0.3 is 5.97 Å². The number of carbonyl (C=O) groups excluding carboxylic acids is 3. The molecule has 1 atom stereocenters. The summed E-state index contributed by atoms with van der Waals surface area (Å²) in [6.07, 6.45) is 3.35. The van der Waals surface area contributed by atoms with Crippen molar-refractivity contribution in [2.75, 3.05) is 11.9 Å². The Bertz CT molecular complexity index is 1220. The molecule has 0 heterocycles. The number of hydrogen-bond donors (Lipinski definition) is 4. The number of halogens is 2. The molecule has 2 aromatic carbocycles. The van der Waals surface area contributed by atoms with Crippen LogP contribution in [0.4, 0.5) is 5.69 Å². The molecule has 1 fully saturated rings. The van der Waals surface area contributed by atoms with Gasteiger partial charge in [0.15, 0.2) is 0 Å². The second-order valence-corrected chi connectivity index (χ2v) is 11.8. The van der Waals surface area contributed by atoms with Crippen LogP contribution in [0.3, 0.4) is 0 Å². The zero-order chi connectivity index (χ0) is 28.8. The van der Waals surface area contributed by atoms with Crippen LogP contribution in [0.5, 0.6) is 0 Å². The molecular formula is C29H35Cl2N3O5. The first kappa shape index (κ1) is 30.4. The van der Waals surface area contributed by atoms with Gasteiger partial charge in [-0.3, -0.25) is 14.4 Å². The highest BCUT2D eigenvalue weighted by atomic mass is 35.5. The number of anilines is 1. The minimum Gasteiger partial charge on any atom is -0.480 e. The van der Waals surface area contributed by atoms with Crippen molar-refractivity contribution in [3.63, 3.8) is 0 Å². The molecule has 0 aliphatic heterocycles. The highest BCUT2D eigenvalue weighted by Crippen LogP contribution is 2.41. The lowest BCUT2D eigenvalue weighted by Gasteiger charge is -2.30. The van der Waals surface area contributed by atoms with E-state index in [1.807, 2.05) is 20.8 Å². The van der Waals surface area contributed by atoms with E-state index < -0.39 is 28.7 Å². The largest absolute Gasteiger partial charge is 0.480 e. The number of benzene rings is 2. The van der Waals surface area contributed by atoms with Gasteiger partial charge in [-0.15, -0.1) is 0 Å². The van der Waals surface area contributed by atoms with Crippen molar-refractivity contribution in [3.8, 4) is 0 Å². The summed E-state index contributed by atoms with van der Waals surface area (Å²) in [6, 6.07) is 10.3. The molecule has 2 aromatic rings. The molecule has 0 aromatic heterocycles. The van der Waals surface area contributed by atoms with Crippen molar-refractivity contribution < 1.29 is 24.3 Å². The molecule has 1 aliphatic carbocycles. The first-order chi connectivity index (χ1) is 18.3. The fourth-order valence-electron chi connectivity index (χ4n) is 4.77. The maximum absolute atomic E-state index is 13.5. The number of carboxylic acid groups (broad SMARTS) is 1. The van der Waals surface area contributed by atoms with Crippen LogP contribution in [0.15, 0.2) is 42.5 Å². The molecule has 0 radical (unpaired) electrons. The first-order valence-corrected chi connectivity index (χ1v) is 13.7. The van der Waals surface area contributed by atoms with Crippen molar-refractivity contribution in [2.24, 2.45) is 10.8 Å². The van der Waals surface area contributed by atoms with Crippen molar-refractivity contribution in [1.29, 1.82) is 0 Å². The van der Waals surface area contributed by atoms with Crippen LogP contribution in [0, 0.1) is 10.8 Å². The molecule has 4 N–H and O–H groups in total. The highest BCUT2D eigenvalue weighted by Gasteiger charge is 2.42. The van der Waals surface area contributed by atoms with Gasteiger partial charge in [0.2, 0.25) is 11.8 Å². The Balaban J connectivity index is 1.74. The lowest BCUT2D eigenvalue weighted by molar-refractivity contribution is -0.144. The summed E-state index contributed by atoms with van der Waals surface area (Å²) in [5.41, 5.74) is -0.257. The van der Waals surface area contributed by atoms with E-state index >= 15 is 0 Å². The Morgan fingerprint density at radius 2 is 1.59 bits per heavy atom. The summed E-state index contributed by atoms with van der Waals surface area (Å²) in [7, 11) is 0. The Morgan fingerprint density at radius 3 is 2.18 bits per heavy atom. The Labute approximate surface area is 238 Å². The Kier molecular flexibility index (Phi) is 10.0. The maximum Gasteiger partial charge on any atom is 0.326 e. The zero-order valence-corrected chi connectivity index (χ0v) is 23.9. The predicted molar refractivity (Wildman–Crippen MR) is 152 cm³/mol. The number of aliphatic carboxylic acids is 1. The van der Waals surface area contributed by atoms with Crippen LogP contribution >= 0.6 is 23.2 Å². The van der Waals surface area contributed by atoms with Gasteiger partial charge in [0, 0.05) is 24.1 Å². The quantitative estimate of drug-likeness (QED) is 0.299. The van der Waals surface area contributed by atoms with Crippen molar-refractivity contribution >= 4 is 52.6 Å². The lowest BCUT2D eigenvalue weighted by atomic mass is 9.81. The van der Waals surface area contributed by atoms with Gasteiger partial charge in [-0.25, -0.2) is 4.79 Å². The van der Waals surface area contributed by atoms with E-state index in [9.17, 15) is 24.3 Å². The number of para-hydroxylation sites is 1. The van der Waals surface area contributed by atoms with Gasteiger partial charge in [0.05, 0.1) is 21.0 Å². The molecule has 0 spiro atoms. The predicted octanol–water partition coefficient (Wildman–Crippen LogP) is 5.47. The van der Waals surface area contributed by atoms with Crippen molar-refractivity contribution in [1.82, 2.24) is 10.6 Å². The van der Waals surface area contributed by atoms with Gasteiger partial charge < -0.3 is 21.1 Å². The fraction of sp³-hybridized carbons (Fsp3) is 0.448. The summed E-state index contributed by atoms with van der Waals surface area (Å²) in [5, 5.41) is 18.8. The van der Waals surface area contributed by atoms with Crippen molar-refractivity contribution in [3.05, 3.63) is 63.6 Å². The summed E-state index contributed by atoms with van der Waals surface area (Å²) in [6.45, 7) is 5.80. The van der Waals surface area contributed by atoms with E-state index in [4.69, 9.17) is 23.2 Å². The number of hydrogen-bond acceptors (Lipinski definition) is 4. The van der Waals surface area contributed by atoms with E-state index in [1.54, 1.807) is 42.5 Å². The molecular weight excluding hydrogens is 541 g/mol. The molecule has 0 saturated heterocycles. The molecule has 39 heavy (non-hydrogen) atoms. The number of nitrogens with one attached hydrogen (secondary N) is 3. The summed E-state index contributed by atoms with van der Waals surface area (Å²) >= 11 is 12.3. The highest BCUT2D eigenvalue weighted by molar-refractivity contribution is 6.40. The zero-order valence-electron chi connectivity index (χ0n) is 22.4. The number of carboxylic acids is 1. The molecule has 1 aliphatic rings. The average Bonchev–Trinajstić information content (AvgIpc) is 3.34. The van der Waals surface area contributed by atoms with Crippen LogP contribution < -0.4 is 16.0 Å². The molecule has 3 amide bonds. The van der Waals surface area contributed by atoms with Gasteiger partial charge in [-0.1, -0.05) is 81.1 Å². The molecule has 10 heteroatoms. The average molecular weight is 577 g/mol. The van der Waals surface area contributed by atoms with Crippen LogP contribution in [-0.4, -0.2) is 41.4 Å². The summed E-state index contributed by atoms with van der Waals surface area (Å²) in [5.74, 6) is -2.15. The normalized spacial score (nSPS) is 15.3. The molecule has 0 bridgehead atoms. The van der Waals surface area contributed by atoms with Crippen LogP contribution in [0.1, 0.15) is 68.8 Å². The van der Waals surface area contributed by atoms with E-state index in [0.717, 1.165) is 12.8 Å². The van der Waals surface area contributed by atoms with E-state index in [0.29, 0.717) is 37.1 Å². The minimum atomic E-state index is -1.22. The molecule has 3 rings (SSSR count). The van der Waals surface area contributed by atoms with Crippen LogP contribution in [0.25, 0.3) is 0 Å². The number of carbonyl (C=O) groups is 4. The maximum atomic E-state index is 13.5. The standard InChI is InChI=1S/C29H35Cl2N3O5/c1-28(2,3)26(38)32-16-15-29(13-6-7-14-29)27(39)34-22(25(36)37)17-18-9-4-5-12-21(18)33-24(35)23-19(30)10-8-11-20(23)31/h4-5,8-12,22H,6-7,13-17H2,1-3H3,(H,32,38)(H,33,35)(H,34,39)(H,36,37). The number of amides is 3. The summed E-state index contributed by atoms with van der Waals surface area (Å²) in [4.78, 5) is 50.9. The third-order valence-corrected chi connectivity index (χ3v) is 7.73. The van der Waals surface area contributed by atoms with Gasteiger partial charge in [0.1, 0.15) is 6.04 Å². The van der Waals surface area contributed by atoms with E-state index in [-0.39, 0.29) is 33.8 Å². The van der Waals surface area contributed by atoms with Gasteiger partial charge in [-0.2, -0.15) is 0 Å². The molecule has 210 valence electrons. The van der Waals surface area contributed by atoms with Gasteiger partial charge in [0.25, 0.3) is 5.91 Å². The fourth-order valence-corrected chi connectivity index (χ4v) is 5.34. The molecule has 8 nitrogen and oxygen atoms in total. The number of rotatable bonds is 10. The lowest BCUT2D eigenvalue weighted by Crippen LogP contribution is -2.49. The van der Waals surface area contributed by atoms with E-state index in [1.165, 1.54) is 0 Å². The second kappa shape index (κ2) is 12.8. The van der Waals surface area contributed by atoms with Crippen LogP contribution in [0.2, 0.25) is 10.0 Å². The smallest absolute Gasteiger partial charge is 0.326 e. The Hall–Kier alpha value is -3.10. The topological polar surface area (TPSA) is 125 Å².